The Morgan fingerprint density at radius 2 is 1.95 bits per heavy atom. The highest BCUT2D eigenvalue weighted by molar-refractivity contribution is 5.79. The van der Waals surface area contributed by atoms with Crippen LogP contribution in [0, 0.1) is 17.3 Å². The molecule has 20 heavy (non-hydrogen) atoms. The molecule has 2 atom stereocenters. The van der Waals surface area contributed by atoms with E-state index in [2.05, 4.69) is 4.98 Å². The smallest absolute Gasteiger partial charge is 0.310 e. The Hall–Kier alpha value is -1.90. The van der Waals surface area contributed by atoms with E-state index in [-0.39, 0.29) is 0 Å². The van der Waals surface area contributed by atoms with Crippen LogP contribution in [-0.4, -0.2) is 16.1 Å². The van der Waals surface area contributed by atoms with Crippen LogP contribution >= 0.6 is 0 Å². The van der Waals surface area contributed by atoms with Gasteiger partial charge in [0.1, 0.15) is 0 Å². The molecule has 0 aliphatic heterocycles. The van der Waals surface area contributed by atoms with E-state index in [1.165, 1.54) is 6.42 Å². The van der Waals surface area contributed by atoms with E-state index in [1.54, 1.807) is 0 Å². The van der Waals surface area contributed by atoms with Crippen LogP contribution in [0.25, 0.3) is 10.9 Å². The molecule has 2 aliphatic carbocycles. The van der Waals surface area contributed by atoms with Gasteiger partial charge in [-0.25, -0.2) is 0 Å². The number of nitrogens with zero attached hydrogens (tertiary/aromatic N) is 1. The molecule has 3 nitrogen and oxygen atoms in total. The summed E-state index contributed by atoms with van der Waals surface area (Å²) in [7, 11) is 0. The molecule has 1 aromatic carbocycles. The van der Waals surface area contributed by atoms with Crippen LogP contribution in [0.3, 0.4) is 0 Å². The molecule has 1 N–H and O–H groups in total. The standard InChI is InChI=1S/C17H17NO2/c19-16(20)17(8-12-7-13(12)9-17)10-14-6-5-11-3-1-2-4-15(11)18-14/h1-6,12-13H,7-10H2,(H,19,20). The first-order chi connectivity index (χ1) is 9.66. The molecule has 2 aliphatic rings. The third kappa shape index (κ3) is 1.80. The first-order valence-electron chi connectivity index (χ1n) is 7.24. The summed E-state index contributed by atoms with van der Waals surface area (Å²) in [5.74, 6) is 0.678. The maximum absolute atomic E-state index is 11.7. The predicted octanol–water partition coefficient (Wildman–Crippen LogP) is 3.28. The molecule has 0 bridgehead atoms. The zero-order valence-corrected chi connectivity index (χ0v) is 11.2. The van der Waals surface area contributed by atoms with Crippen molar-refractivity contribution in [2.45, 2.75) is 25.7 Å². The molecule has 0 amide bonds. The second kappa shape index (κ2) is 4.05. The van der Waals surface area contributed by atoms with E-state index in [9.17, 15) is 9.90 Å². The fraction of sp³-hybridized carbons (Fsp3) is 0.412. The van der Waals surface area contributed by atoms with Gasteiger partial charge in [-0.1, -0.05) is 24.3 Å². The third-order valence-electron chi connectivity index (χ3n) is 5.00. The Morgan fingerprint density at radius 1 is 1.20 bits per heavy atom. The Labute approximate surface area is 117 Å². The van der Waals surface area contributed by atoms with Crippen LogP contribution in [0.5, 0.6) is 0 Å². The van der Waals surface area contributed by atoms with Crippen LogP contribution in [-0.2, 0) is 11.2 Å². The largest absolute Gasteiger partial charge is 0.481 e. The SMILES string of the molecule is O=C(O)C1(Cc2ccc3ccccc3n2)CC2CC2C1. The summed E-state index contributed by atoms with van der Waals surface area (Å²) in [6, 6.07) is 12.0. The van der Waals surface area contributed by atoms with Crippen molar-refractivity contribution >= 4 is 16.9 Å². The van der Waals surface area contributed by atoms with Gasteiger partial charge >= 0.3 is 5.97 Å². The van der Waals surface area contributed by atoms with Gasteiger partial charge in [0.2, 0.25) is 0 Å². The normalized spacial score (nSPS) is 31.2. The maximum Gasteiger partial charge on any atom is 0.310 e. The van der Waals surface area contributed by atoms with Gasteiger partial charge in [0, 0.05) is 17.5 Å². The summed E-state index contributed by atoms with van der Waals surface area (Å²) in [6.07, 6.45) is 3.48. The molecule has 1 aromatic heterocycles. The number of rotatable bonds is 3. The minimum atomic E-state index is -0.639. The van der Waals surface area contributed by atoms with Crippen molar-refractivity contribution in [2.75, 3.05) is 0 Å². The molecule has 2 fully saturated rings. The molecule has 102 valence electrons. The van der Waals surface area contributed by atoms with Crippen LogP contribution in [0.1, 0.15) is 25.0 Å². The number of aliphatic carboxylic acids is 1. The monoisotopic (exact) mass is 267 g/mol. The number of carboxylic acid groups (broad SMARTS) is 1. The van der Waals surface area contributed by atoms with Crippen LogP contribution < -0.4 is 0 Å². The first-order valence-corrected chi connectivity index (χ1v) is 7.24. The lowest BCUT2D eigenvalue weighted by Gasteiger charge is -2.25. The minimum Gasteiger partial charge on any atom is -0.481 e. The lowest BCUT2D eigenvalue weighted by molar-refractivity contribution is -0.149. The van der Waals surface area contributed by atoms with Gasteiger partial charge < -0.3 is 5.11 Å². The van der Waals surface area contributed by atoms with Crippen molar-refractivity contribution in [2.24, 2.45) is 17.3 Å². The van der Waals surface area contributed by atoms with Crippen LogP contribution in [0.15, 0.2) is 36.4 Å². The number of para-hydroxylation sites is 1. The van der Waals surface area contributed by atoms with Gasteiger partial charge in [-0.3, -0.25) is 9.78 Å². The van der Waals surface area contributed by atoms with Gasteiger partial charge in [0.25, 0.3) is 0 Å². The number of hydrogen-bond acceptors (Lipinski definition) is 2. The molecule has 2 saturated carbocycles. The van der Waals surface area contributed by atoms with Gasteiger partial charge in [-0.2, -0.15) is 0 Å². The Balaban J connectivity index is 1.67. The minimum absolute atomic E-state index is 0.566. The van der Waals surface area contributed by atoms with E-state index in [4.69, 9.17) is 0 Å². The van der Waals surface area contributed by atoms with Gasteiger partial charge in [-0.05, 0) is 43.2 Å². The Kier molecular flexibility index (Phi) is 2.40. The van der Waals surface area contributed by atoms with Gasteiger partial charge in [-0.15, -0.1) is 0 Å². The van der Waals surface area contributed by atoms with Crippen molar-refractivity contribution in [3.05, 3.63) is 42.1 Å². The predicted molar refractivity (Wildman–Crippen MR) is 76.3 cm³/mol. The average molecular weight is 267 g/mol. The summed E-state index contributed by atoms with van der Waals surface area (Å²) in [4.78, 5) is 16.4. The molecule has 2 unspecified atom stereocenters. The number of hydrogen-bond donors (Lipinski definition) is 1. The summed E-state index contributed by atoms with van der Waals surface area (Å²) in [5, 5.41) is 10.8. The van der Waals surface area contributed by atoms with E-state index in [1.807, 2.05) is 36.4 Å². The highest BCUT2D eigenvalue weighted by atomic mass is 16.4. The van der Waals surface area contributed by atoms with E-state index >= 15 is 0 Å². The topological polar surface area (TPSA) is 50.2 Å². The summed E-state index contributed by atoms with van der Waals surface area (Å²) < 4.78 is 0. The molecule has 2 aromatic rings. The van der Waals surface area contributed by atoms with Crippen LogP contribution in [0.2, 0.25) is 0 Å². The molecular weight excluding hydrogens is 250 g/mol. The van der Waals surface area contributed by atoms with Crippen LogP contribution in [0.4, 0.5) is 0 Å². The average Bonchev–Trinajstić information content (AvgIpc) is 3.06. The number of fused-ring (bicyclic) bond motifs is 2. The summed E-state index contributed by atoms with van der Waals surface area (Å²) in [5.41, 5.74) is 1.30. The quantitative estimate of drug-likeness (QED) is 0.928. The lowest BCUT2D eigenvalue weighted by Crippen LogP contribution is -2.32. The highest BCUT2D eigenvalue weighted by Crippen LogP contribution is 2.60. The van der Waals surface area contributed by atoms with E-state index in [0.29, 0.717) is 18.3 Å². The second-order valence-electron chi connectivity index (χ2n) is 6.42. The molecular formula is C17H17NO2. The fourth-order valence-electron chi connectivity index (χ4n) is 3.85. The van der Waals surface area contributed by atoms with Crippen molar-refractivity contribution in [1.29, 1.82) is 0 Å². The first kappa shape index (κ1) is 11.9. The number of pyridine rings is 1. The number of benzene rings is 1. The summed E-state index contributed by atoms with van der Waals surface area (Å²) >= 11 is 0. The number of aromatic nitrogens is 1. The zero-order valence-electron chi connectivity index (χ0n) is 11.2. The van der Waals surface area contributed by atoms with Crippen molar-refractivity contribution in [3.63, 3.8) is 0 Å². The Bertz CT molecular complexity index is 684. The van der Waals surface area contributed by atoms with Gasteiger partial charge in [0.15, 0.2) is 0 Å². The van der Waals surface area contributed by atoms with E-state index in [0.717, 1.165) is 29.4 Å². The summed E-state index contributed by atoms with van der Waals surface area (Å²) in [6.45, 7) is 0. The highest BCUT2D eigenvalue weighted by Gasteiger charge is 2.57. The molecule has 0 radical (unpaired) electrons. The third-order valence-corrected chi connectivity index (χ3v) is 5.00. The molecule has 1 heterocycles. The number of carboxylic acids is 1. The van der Waals surface area contributed by atoms with E-state index < -0.39 is 11.4 Å². The van der Waals surface area contributed by atoms with Crippen molar-refractivity contribution in [1.82, 2.24) is 4.98 Å². The molecule has 4 rings (SSSR count). The lowest BCUT2D eigenvalue weighted by atomic mass is 9.78. The second-order valence-corrected chi connectivity index (χ2v) is 6.42. The van der Waals surface area contributed by atoms with Gasteiger partial charge in [0.05, 0.1) is 10.9 Å². The van der Waals surface area contributed by atoms with Crippen molar-refractivity contribution in [3.8, 4) is 0 Å². The maximum atomic E-state index is 11.7. The fourth-order valence-corrected chi connectivity index (χ4v) is 3.85. The molecule has 0 saturated heterocycles. The zero-order chi connectivity index (χ0) is 13.7. The number of carbonyl (C=O) groups is 1. The molecule has 0 spiro atoms. The molecule has 3 heteroatoms. The Morgan fingerprint density at radius 3 is 2.70 bits per heavy atom. The van der Waals surface area contributed by atoms with Crippen molar-refractivity contribution < 1.29 is 9.90 Å².